The Labute approximate surface area is 162 Å². The van der Waals surface area contributed by atoms with E-state index in [1.54, 1.807) is 0 Å². The molecule has 1 aromatic rings. The van der Waals surface area contributed by atoms with E-state index in [2.05, 4.69) is 10.6 Å². The molecule has 3 aliphatic rings. The summed E-state index contributed by atoms with van der Waals surface area (Å²) in [4.78, 5) is 23.5. The highest BCUT2D eigenvalue weighted by atomic mass is 35.5. The molecule has 4 rings (SSSR count). The third-order valence-electron chi connectivity index (χ3n) is 5.03. The van der Waals surface area contributed by atoms with Crippen molar-refractivity contribution in [2.24, 2.45) is 5.92 Å². The van der Waals surface area contributed by atoms with Crippen molar-refractivity contribution in [3.05, 3.63) is 17.2 Å². The number of fused-ring (bicyclic) bond motifs is 1. The zero-order chi connectivity index (χ0) is 19.2. The number of hydrogen-bond donors (Lipinski definition) is 2. The summed E-state index contributed by atoms with van der Waals surface area (Å²) in [6, 6.07) is 3.03. The molecule has 2 heterocycles. The smallest absolute Gasteiger partial charge is 0.262 e. The second-order valence-electron chi connectivity index (χ2n) is 7.08. The Morgan fingerprint density at radius 3 is 2.59 bits per heavy atom. The summed E-state index contributed by atoms with van der Waals surface area (Å²) in [5.74, 6) is -0.183. The van der Waals surface area contributed by atoms with Crippen molar-refractivity contribution < 1.29 is 22.7 Å². The van der Waals surface area contributed by atoms with E-state index < -0.39 is 10.0 Å². The van der Waals surface area contributed by atoms with Crippen LogP contribution in [0.25, 0.3) is 0 Å². The lowest BCUT2D eigenvalue weighted by molar-refractivity contribution is -0.126. The normalized spacial score (nSPS) is 21.1. The lowest BCUT2D eigenvalue weighted by Crippen LogP contribution is -2.43. The van der Waals surface area contributed by atoms with Crippen LogP contribution in [0.2, 0.25) is 5.02 Å². The average molecular weight is 414 g/mol. The van der Waals surface area contributed by atoms with Crippen LogP contribution in [-0.2, 0) is 19.6 Å². The highest BCUT2D eigenvalue weighted by molar-refractivity contribution is 7.89. The molecule has 1 aromatic carbocycles. The number of halogens is 1. The van der Waals surface area contributed by atoms with Crippen molar-refractivity contribution >= 4 is 39.1 Å². The minimum absolute atomic E-state index is 0.0190. The van der Waals surface area contributed by atoms with Crippen LogP contribution in [0.5, 0.6) is 5.75 Å². The number of ether oxygens (including phenoxy) is 1. The van der Waals surface area contributed by atoms with E-state index in [0.29, 0.717) is 24.6 Å². The molecule has 0 spiro atoms. The second kappa shape index (κ2) is 6.96. The molecule has 8 nitrogen and oxygen atoms in total. The minimum Gasteiger partial charge on any atom is -0.482 e. The van der Waals surface area contributed by atoms with Crippen LogP contribution in [0.4, 0.5) is 5.69 Å². The van der Waals surface area contributed by atoms with Crippen LogP contribution < -0.4 is 15.4 Å². The zero-order valence-corrected chi connectivity index (χ0v) is 16.1. The Kier molecular flexibility index (Phi) is 4.77. The van der Waals surface area contributed by atoms with Crippen LogP contribution in [0.1, 0.15) is 25.7 Å². The fraction of sp³-hybridized carbons (Fsp3) is 0.529. The molecule has 0 aromatic heterocycles. The van der Waals surface area contributed by atoms with Gasteiger partial charge in [-0.15, -0.1) is 0 Å². The average Bonchev–Trinajstić information content (AvgIpc) is 3.45. The molecular weight excluding hydrogens is 394 g/mol. The number of carbonyl (C=O) groups excluding carboxylic acids is 2. The van der Waals surface area contributed by atoms with Gasteiger partial charge in [-0.2, -0.15) is 4.31 Å². The lowest BCUT2D eigenvalue weighted by atomic mass is 9.97. The molecular formula is C17H20ClN3O5S. The number of anilines is 1. The molecule has 0 unspecified atom stereocenters. The van der Waals surface area contributed by atoms with Crippen LogP contribution in [0.3, 0.4) is 0 Å². The maximum Gasteiger partial charge on any atom is 0.262 e. The van der Waals surface area contributed by atoms with Gasteiger partial charge in [-0.1, -0.05) is 11.6 Å². The predicted molar refractivity (Wildman–Crippen MR) is 98.2 cm³/mol. The van der Waals surface area contributed by atoms with E-state index >= 15 is 0 Å². The minimum atomic E-state index is -3.82. The fourth-order valence-corrected chi connectivity index (χ4v) is 5.31. The largest absolute Gasteiger partial charge is 0.482 e. The standard InChI is InChI=1S/C17H20ClN3O5S/c18-12-7-13-14(26-9-16(22)20-13)8-15(12)27(24,25)21-5-3-10(4-6-21)17(23)19-11-1-2-11/h7-8,10-11H,1-6,9H2,(H,19,23)(H,20,22). The molecule has 1 saturated carbocycles. The number of hydrogen-bond acceptors (Lipinski definition) is 5. The summed E-state index contributed by atoms with van der Waals surface area (Å²) in [5.41, 5.74) is 0.352. The van der Waals surface area contributed by atoms with Gasteiger partial charge >= 0.3 is 0 Å². The van der Waals surface area contributed by atoms with Gasteiger partial charge in [-0.25, -0.2) is 8.42 Å². The van der Waals surface area contributed by atoms with Crippen molar-refractivity contribution in [3.63, 3.8) is 0 Å². The molecule has 146 valence electrons. The number of amides is 2. The maximum atomic E-state index is 13.0. The van der Waals surface area contributed by atoms with E-state index in [1.165, 1.54) is 16.4 Å². The number of benzene rings is 1. The van der Waals surface area contributed by atoms with E-state index in [0.717, 1.165) is 12.8 Å². The third kappa shape index (κ3) is 3.76. The third-order valence-corrected chi connectivity index (χ3v) is 7.40. The summed E-state index contributed by atoms with van der Waals surface area (Å²) in [6.45, 7) is 0.349. The number of piperidine rings is 1. The van der Waals surface area contributed by atoms with Crippen LogP contribution in [0.15, 0.2) is 17.0 Å². The van der Waals surface area contributed by atoms with Gasteiger partial charge in [0.1, 0.15) is 10.6 Å². The molecule has 1 saturated heterocycles. The summed E-state index contributed by atoms with van der Waals surface area (Å²) in [7, 11) is -3.82. The molecule has 1 aliphatic carbocycles. The van der Waals surface area contributed by atoms with Gasteiger partial charge in [0, 0.05) is 31.1 Å². The van der Waals surface area contributed by atoms with Gasteiger partial charge in [0.2, 0.25) is 15.9 Å². The number of carbonyl (C=O) groups is 2. The first-order valence-electron chi connectivity index (χ1n) is 8.91. The first-order valence-corrected chi connectivity index (χ1v) is 10.7. The Balaban J connectivity index is 1.49. The van der Waals surface area contributed by atoms with Gasteiger partial charge in [0.15, 0.2) is 6.61 Å². The highest BCUT2D eigenvalue weighted by Crippen LogP contribution is 2.37. The topological polar surface area (TPSA) is 105 Å². The van der Waals surface area contributed by atoms with E-state index in [-0.39, 0.29) is 53.1 Å². The molecule has 2 aliphatic heterocycles. The van der Waals surface area contributed by atoms with Gasteiger partial charge in [0.25, 0.3) is 5.91 Å². The van der Waals surface area contributed by atoms with Crippen molar-refractivity contribution in [3.8, 4) is 5.75 Å². The first-order chi connectivity index (χ1) is 12.8. The van der Waals surface area contributed by atoms with Crippen molar-refractivity contribution in [1.29, 1.82) is 0 Å². The number of nitrogens with zero attached hydrogens (tertiary/aromatic N) is 1. The summed E-state index contributed by atoms with van der Waals surface area (Å²) < 4.78 is 32.7. The Morgan fingerprint density at radius 1 is 1.22 bits per heavy atom. The van der Waals surface area contributed by atoms with Crippen molar-refractivity contribution in [2.45, 2.75) is 36.6 Å². The van der Waals surface area contributed by atoms with Crippen molar-refractivity contribution in [2.75, 3.05) is 25.0 Å². The monoisotopic (exact) mass is 413 g/mol. The zero-order valence-electron chi connectivity index (χ0n) is 14.5. The highest BCUT2D eigenvalue weighted by Gasteiger charge is 2.35. The molecule has 2 N–H and O–H groups in total. The molecule has 2 fully saturated rings. The summed E-state index contributed by atoms with van der Waals surface area (Å²) in [5, 5.41) is 5.59. The molecule has 2 amide bonds. The van der Waals surface area contributed by atoms with E-state index in [9.17, 15) is 18.0 Å². The summed E-state index contributed by atoms with van der Waals surface area (Å²) >= 11 is 6.18. The van der Waals surface area contributed by atoms with Crippen LogP contribution >= 0.6 is 11.6 Å². The molecule has 10 heteroatoms. The SMILES string of the molecule is O=C1COc2cc(S(=O)(=O)N3CCC(C(=O)NC4CC4)CC3)c(Cl)cc2N1. The van der Waals surface area contributed by atoms with Gasteiger partial charge in [-0.3, -0.25) is 9.59 Å². The van der Waals surface area contributed by atoms with Gasteiger partial charge < -0.3 is 15.4 Å². The number of rotatable bonds is 4. The number of nitrogens with one attached hydrogen (secondary N) is 2. The van der Waals surface area contributed by atoms with E-state index in [1.807, 2.05) is 0 Å². The molecule has 0 bridgehead atoms. The second-order valence-corrected chi connectivity index (χ2v) is 9.39. The van der Waals surface area contributed by atoms with Crippen LogP contribution in [0, 0.1) is 5.92 Å². The van der Waals surface area contributed by atoms with Gasteiger partial charge in [-0.05, 0) is 31.7 Å². The summed E-state index contributed by atoms with van der Waals surface area (Å²) in [6.07, 6.45) is 3.01. The fourth-order valence-electron chi connectivity index (χ4n) is 3.32. The van der Waals surface area contributed by atoms with Gasteiger partial charge in [0.05, 0.1) is 10.7 Å². The Morgan fingerprint density at radius 2 is 1.93 bits per heavy atom. The van der Waals surface area contributed by atoms with Crippen LogP contribution in [-0.4, -0.2) is 50.3 Å². The molecule has 27 heavy (non-hydrogen) atoms. The van der Waals surface area contributed by atoms with E-state index in [4.69, 9.17) is 16.3 Å². The maximum absolute atomic E-state index is 13.0. The molecule has 0 radical (unpaired) electrons. The first kappa shape index (κ1) is 18.5. The Hall–Kier alpha value is -1.84. The predicted octanol–water partition coefficient (Wildman–Crippen LogP) is 1.35. The quantitative estimate of drug-likeness (QED) is 0.775. The lowest BCUT2D eigenvalue weighted by Gasteiger charge is -2.31. The number of sulfonamides is 1. The molecule has 0 atom stereocenters. The van der Waals surface area contributed by atoms with Crippen molar-refractivity contribution in [1.82, 2.24) is 9.62 Å². The Bertz CT molecular complexity index is 892.